The third-order valence-electron chi connectivity index (χ3n) is 4.12. The second-order valence-electron chi connectivity index (χ2n) is 6.01. The molecule has 4 heteroatoms. The zero-order valence-electron chi connectivity index (χ0n) is 13.0. The van der Waals surface area contributed by atoms with Gasteiger partial charge in [0.1, 0.15) is 0 Å². The van der Waals surface area contributed by atoms with Gasteiger partial charge in [-0.25, -0.2) is 0 Å². The normalized spacial score (nSPS) is 17.1. The molecule has 0 spiro atoms. The minimum atomic E-state index is -0.0602. The van der Waals surface area contributed by atoms with E-state index in [4.69, 9.17) is 0 Å². The monoisotopic (exact) mass is 295 g/mol. The minimum Gasteiger partial charge on any atom is -0.344 e. The molecule has 0 aliphatic carbocycles. The van der Waals surface area contributed by atoms with Gasteiger partial charge in [0.25, 0.3) is 5.91 Å². The molecular weight excluding hydrogens is 274 g/mol. The van der Waals surface area contributed by atoms with Crippen molar-refractivity contribution < 1.29 is 4.79 Å². The summed E-state index contributed by atoms with van der Waals surface area (Å²) in [6.45, 7) is 6.00. The maximum absolute atomic E-state index is 12.3. The average molecular weight is 295 g/mol. The molecule has 1 amide bonds. The van der Waals surface area contributed by atoms with Gasteiger partial charge < -0.3 is 10.6 Å². The van der Waals surface area contributed by atoms with E-state index >= 15 is 0 Å². The molecule has 1 aliphatic heterocycles. The zero-order chi connectivity index (χ0) is 15.5. The van der Waals surface area contributed by atoms with Gasteiger partial charge >= 0.3 is 0 Å². The summed E-state index contributed by atoms with van der Waals surface area (Å²) in [6.07, 6.45) is 3.27. The van der Waals surface area contributed by atoms with E-state index in [1.54, 1.807) is 24.5 Å². The quantitative estimate of drug-likeness (QED) is 0.915. The Morgan fingerprint density at radius 1 is 1.27 bits per heavy atom. The lowest BCUT2D eigenvalue weighted by Gasteiger charge is -2.28. The van der Waals surface area contributed by atoms with Crippen LogP contribution in [0.5, 0.6) is 0 Å². The molecule has 0 saturated carbocycles. The van der Waals surface area contributed by atoms with Gasteiger partial charge in [-0.3, -0.25) is 9.78 Å². The van der Waals surface area contributed by atoms with E-state index < -0.39 is 0 Å². The Kier molecular flexibility index (Phi) is 4.20. The third-order valence-corrected chi connectivity index (χ3v) is 4.12. The van der Waals surface area contributed by atoms with Crippen LogP contribution in [0, 0.1) is 0 Å². The topological polar surface area (TPSA) is 54.0 Å². The van der Waals surface area contributed by atoms with Gasteiger partial charge in [-0.05, 0) is 34.7 Å². The van der Waals surface area contributed by atoms with Crippen LogP contribution >= 0.6 is 0 Å². The van der Waals surface area contributed by atoms with Gasteiger partial charge in [0, 0.05) is 31.0 Å². The standard InChI is InChI=1S/C18H21N3O/c1-12(2)14-3-4-16-15(9-14)10-20-11-17(16)21-18(22)13-5-7-19-8-6-13/h3-9,12,17,20H,10-11H2,1-2H3,(H,21,22). The summed E-state index contributed by atoms with van der Waals surface area (Å²) in [6, 6.07) is 10.0. The summed E-state index contributed by atoms with van der Waals surface area (Å²) in [7, 11) is 0. The molecule has 2 N–H and O–H groups in total. The predicted octanol–water partition coefficient (Wildman–Crippen LogP) is 2.78. The van der Waals surface area contributed by atoms with Gasteiger partial charge in [0.15, 0.2) is 0 Å². The molecule has 0 fully saturated rings. The van der Waals surface area contributed by atoms with E-state index in [9.17, 15) is 4.79 Å². The number of hydrogen-bond acceptors (Lipinski definition) is 3. The van der Waals surface area contributed by atoms with Crippen LogP contribution in [0.1, 0.15) is 52.9 Å². The minimum absolute atomic E-state index is 0.00521. The van der Waals surface area contributed by atoms with Crippen LogP contribution in [0.15, 0.2) is 42.7 Å². The first kappa shape index (κ1) is 14.7. The van der Waals surface area contributed by atoms with Crippen LogP contribution < -0.4 is 10.6 Å². The van der Waals surface area contributed by atoms with Crippen molar-refractivity contribution >= 4 is 5.91 Å². The number of rotatable bonds is 3. The fourth-order valence-electron chi connectivity index (χ4n) is 2.81. The summed E-state index contributed by atoms with van der Waals surface area (Å²) in [4.78, 5) is 16.3. The van der Waals surface area contributed by atoms with Gasteiger partial charge in [0.05, 0.1) is 6.04 Å². The van der Waals surface area contributed by atoms with Crippen LogP contribution in [0.3, 0.4) is 0 Å². The summed E-state index contributed by atoms with van der Waals surface area (Å²) in [5.74, 6) is 0.451. The molecule has 114 valence electrons. The molecule has 22 heavy (non-hydrogen) atoms. The van der Waals surface area contributed by atoms with Crippen molar-refractivity contribution in [2.45, 2.75) is 32.4 Å². The maximum Gasteiger partial charge on any atom is 0.251 e. The largest absolute Gasteiger partial charge is 0.344 e. The molecule has 3 rings (SSSR count). The van der Waals surface area contributed by atoms with Crippen molar-refractivity contribution in [1.82, 2.24) is 15.6 Å². The first-order chi connectivity index (χ1) is 10.6. The van der Waals surface area contributed by atoms with Crippen molar-refractivity contribution in [3.05, 3.63) is 65.0 Å². The molecule has 0 radical (unpaired) electrons. The second kappa shape index (κ2) is 6.28. The first-order valence-electron chi connectivity index (χ1n) is 7.69. The number of amides is 1. The molecule has 4 nitrogen and oxygen atoms in total. The number of nitrogens with one attached hydrogen (secondary N) is 2. The van der Waals surface area contributed by atoms with Gasteiger partial charge in [-0.15, -0.1) is 0 Å². The van der Waals surface area contributed by atoms with Crippen LogP contribution in [-0.4, -0.2) is 17.4 Å². The summed E-state index contributed by atoms with van der Waals surface area (Å²) < 4.78 is 0. The zero-order valence-corrected chi connectivity index (χ0v) is 13.0. The van der Waals surface area contributed by atoms with Gasteiger partial charge in [0.2, 0.25) is 0 Å². The number of nitrogens with zero attached hydrogens (tertiary/aromatic N) is 1. The van der Waals surface area contributed by atoms with Crippen molar-refractivity contribution in [3.8, 4) is 0 Å². The fraction of sp³-hybridized carbons (Fsp3) is 0.333. The van der Waals surface area contributed by atoms with Crippen molar-refractivity contribution in [2.75, 3.05) is 6.54 Å². The Hall–Kier alpha value is -2.20. The van der Waals surface area contributed by atoms with E-state index in [0.29, 0.717) is 11.5 Å². The van der Waals surface area contributed by atoms with E-state index in [1.165, 1.54) is 16.7 Å². The highest BCUT2D eigenvalue weighted by Crippen LogP contribution is 2.26. The Bertz CT molecular complexity index is 667. The Morgan fingerprint density at radius 2 is 2.05 bits per heavy atom. The Balaban J connectivity index is 1.81. The fourth-order valence-corrected chi connectivity index (χ4v) is 2.81. The van der Waals surface area contributed by atoms with Crippen LogP contribution in [0.25, 0.3) is 0 Å². The Labute approximate surface area is 131 Å². The molecule has 1 atom stereocenters. The molecule has 1 aliphatic rings. The third kappa shape index (κ3) is 3.02. The lowest BCUT2D eigenvalue weighted by atomic mass is 9.91. The first-order valence-corrected chi connectivity index (χ1v) is 7.69. The lowest BCUT2D eigenvalue weighted by Crippen LogP contribution is -2.39. The molecule has 0 saturated heterocycles. The van der Waals surface area contributed by atoms with Crippen LogP contribution in [0.4, 0.5) is 0 Å². The summed E-state index contributed by atoms with van der Waals surface area (Å²) >= 11 is 0. The maximum atomic E-state index is 12.3. The molecule has 2 heterocycles. The molecule has 1 unspecified atom stereocenters. The van der Waals surface area contributed by atoms with Gasteiger partial charge in [-0.2, -0.15) is 0 Å². The number of carbonyl (C=O) groups excluding carboxylic acids is 1. The number of aromatic nitrogens is 1. The van der Waals surface area contributed by atoms with Crippen LogP contribution in [0.2, 0.25) is 0 Å². The number of hydrogen-bond donors (Lipinski definition) is 2. The Morgan fingerprint density at radius 3 is 2.77 bits per heavy atom. The molecular formula is C18H21N3O. The van der Waals surface area contributed by atoms with Crippen LogP contribution in [-0.2, 0) is 6.54 Å². The number of pyridine rings is 1. The molecule has 1 aromatic heterocycles. The second-order valence-corrected chi connectivity index (χ2v) is 6.01. The smallest absolute Gasteiger partial charge is 0.251 e. The summed E-state index contributed by atoms with van der Waals surface area (Å²) in [5, 5.41) is 6.50. The van der Waals surface area contributed by atoms with Gasteiger partial charge in [-0.1, -0.05) is 32.0 Å². The number of fused-ring (bicyclic) bond motifs is 1. The lowest BCUT2D eigenvalue weighted by molar-refractivity contribution is 0.0934. The SMILES string of the molecule is CC(C)c1ccc2c(c1)CNCC2NC(=O)c1ccncc1. The van der Waals surface area contributed by atoms with Crippen molar-refractivity contribution in [3.63, 3.8) is 0 Å². The summed E-state index contributed by atoms with van der Waals surface area (Å²) in [5.41, 5.74) is 4.46. The molecule has 2 aromatic rings. The van der Waals surface area contributed by atoms with E-state index in [1.807, 2.05) is 0 Å². The van der Waals surface area contributed by atoms with Crippen molar-refractivity contribution in [2.24, 2.45) is 0 Å². The van der Waals surface area contributed by atoms with E-state index in [-0.39, 0.29) is 11.9 Å². The number of benzene rings is 1. The number of carbonyl (C=O) groups is 1. The molecule has 0 bridgehead atoms. The molecule has 1 aromatic carbocycles. The van der Waals surface area contributed by atoms with Crippen molar-refractivity contribution in [1.29, 1.82) is 0 Å². The van der Waals surface area contributed by atoms with E-state index in [2.05, 4.69) is 47.7 Å². The predicted molar refractivity (Wildman–Crippen MR) is 86.7 cm³/mol. The highest BCUT2D eigenvalue weighted by atomic mass is 16.1. The highest BCUT2D eigenvalue weighted by molar-refractivity contribution is 5.94. The van der Waals surface area contributed by atoms with E-state index in [0.717, 1.165) is 13.1 Å². The average Bonchev–Trinajstić information content (AvgIpc) is 2.55. The highest BCUT2D eigenvalue weighted by Gasteiger charge is 2.22.